The van der Waals surface area contributed by atoms with Gasteiger partial charge in [0.25, 0.3) is 0 Å². The molecule has 2 heteroatoms. The Hall–Kier alpha value is -0.860. The predicted octanol–water partition coefficient (Wildman–Crippen LogP) is 1.57. The summed E-state index contributed by atoms with van der Waals surface area (Å²) in [4.78, 5) is 0. The summed E-state index contributed by atoms with van der Waals surface area (Å²) in [6.07, 6.45) is 0. The molecule has 0 aromatic heterocycles. The van der Waals surface area contributed by atoms with Gasteiger partial charge in [-0.3, -0.25) is 0 Å². The first-order chi connectivity index (χ1) is 6.24. The van der Waals surface area contributed by atoms with Crippen LogP contribution >= 0.6 is 0 Å². The fourth-order valence-corrected chi connectivity index (χ4v) is 1.31. The van der Waals surface area contributed by atoms with Crippen LogP contribution in [0.15, 0.2) is 18.2 Å². The Morgan fingerprint density at radius 1 is 1.23 bits per heavy atom. The molecule has 0 radical (unpaired) electrons. The Morgan fingerprint density at radius 2 is 2.00 bits per heavy atom. The maximum Gasteiger partial charge on any atom is 0.0454 e. The lowest BCUT2D eigenvalue weighted by Gasteiger charge is -2.08. The van der Waals surface area contributed by atoms with Crippen molar-refractivity contribution in [1.82, 2.24) is 10.6 Å². The highest BCUT2D eigenvalue weighted by Gasteiger charge is 1.96. The van der Waals surface area contributed by atoms with Gasteiger partial charge in [0.15, 0.2) is 0 Å². The Morgan fingerprint density at radius 3 is 2.69 bits per heavy atom. The number of aryl methyl sites for hydroxylation is 2. The van der Waals surface area contributed by atoms with E-state index < -0.39 is 0 Å². The second kappa shape index (κ2) is 5.00. The van der Waals surface area contributed by atoms with Crippen LogP contribution in [0.2, 0.25) is 0 Å². The molecule has 0 amide bonds. The topological polar surface area (TPSA) is 24.1 Å². The fourth-order valence-electron chi connectivity index (χ4n) is 1.31. The summed E-state index contributed by atoms with van der Waals surface area (Å²) in [5.74, 6) is 0. The molecule has 0 saturated carbocycles. The Kier molecular flexibility index (Phi) is 3.93. The van der Waals surface area contributed by atoms with Crippen molar-refractivity contribution in [2.24, 2.45) is 0 Å². The molecule has 0 spiro atoms. The Balaban J connectivity index is 2.59. The lowest BCUT2D eigenvalue weighted by atomic mass is 10.1. The van der Waals surface area contributed by atoms with Crippen molar-refractivity contribution in [2.75, 3.05) is 13.7 Å². The van der Waals surface area contributed by atoms with Crippen LogP contribution in [0.1, 0.15) is 16.7 Å². The van der Waals surface area contributed by atoms with Gasteiger partial charge in [-0.15, -0.1) is 0 Å². The van der Waals surface area contributed by atoms with Gasteiger partial charge in [-0.1, -0.05) is 23.8 Å². The van der Waals surface area contributed by atoms with Crippen molar-refractivity contribution in [2.45, 2.75) is 20.4 Å². The van der Waals surface area contributed by atoms with Gasteiger partial charge in [0.2, 0.25) is 0 Å². The quantitative estimate of drug-likeness (QED) is 0.540. The van der Waals surface area contributed by atoms with Gasteiger partial charge < -0.3 is 10.6 Å². The second-order valence-electron chi connectivity index (χ2n) is 3.39. The minimum absolute atomic E-state index is 0.855. The SMILES string of the molecule is CNCNCc1cc(C)ccc1C. The van der Waals surface area contributed by atoms with Gasteiger partial charge >= 0.3 is 0 Å². The first-order valence-corrected chi connectivity index (χ1v) is 4.65. The number of hydrogen-bond donors (Lipinski definition) is 2. The third-order valence-corrected chi connectivity index (χ3v) is 2.12. The molecule has 2 N–H and O–H groups in total. The largest absolute Gasteiger partial charge is 0.308 e. The van der Waals surface area contributed by atoms with Crippen molar-refractivity contribution >= 4 is 0 Å². The lowest BCUT2D eigenvalue weighted by Crippen LogP contribution is -2.25. The highest BCUT2D eigenvalue weighted by molar-refractivity contribution is 5.30. The van der Waals surface area contributed by atoms with Crippen LogP contribution < -0.4 is 10.6 Å². The van der Waals surface area contributed by atoms with E-state index in [1.807, 2.05) is 7.05 Å². The van der Waals surface area contributed by atoms with E-state index >= 15 is 0 Å². The maximum absolute atomic E-state index is 3.31. The molecule has 1 aromatic rings. The molecule has 0 atom stereocenters. The second-order valence-corrected chi connectivity index (χ2v) is 3.39. The van der Waals surface area contributed by atoms with Crippen molar-refractivity contribution in [1.29, 1.82) is 0 Å². The van der Waals surface area contributed by atoms with E-state index in [1.54, 1.807) is 0 Å². The van der Waals surface area contributed by atoms with Gasteiger partial charge in [-0.2, -0.15) is 0 Å². The molecule has 1 aromatic carbocycles. The molecular weight excluding hydrogens is 160 g/mol. The molecule has 72 valence electrons. The van der Waals surface area contributed by atoms with E-state index in [2.05, 4.69) is 42.7 Å². The smallest absolute Gasteiger partial charge is 0.0454 e. The van der Waals surface area contributed by atoms with Crippen LogP contribution in [0.25, 0.3) is 0 Å². The first kappa shape index (κ1) is 10.2. The normalized spacial score (nSPS) is 10.4. The number of rotatable bonds is 4. The summed E-state index contributed by atoms with van der Waals surface area (Å²) in [6, 6.07) is 6.56. The highest BCUT2D eigenvalue weighted by atomic mass is 15.0. The zero-order valence-corrected chi connectivity index (χ0v) is 8.65. The van der Waals surface area contributed by atoms with E-state index in [1.165, 1.54) is 16.7 Å². The standard InChI is InChI=1S/C11H18N2/c1-9-4-5-10(2)11(6-9)7-13-8-12-3/h4-6,12-13H,7-8H2,1-3H3. The van der Waals surface area contributed by atoms with E-state index in [0.717, 1.165) is 13.2 Å². The molecule has 13 heavy (non-hydrogen) atoms. The Labute approximate surface area is 80.4 Å². The summed E-state index contributed by atoms with van der Waals surface area (Å²) in [5.41, 5.74) is 4.07. The summed E-state index contributed by atoms with van der Waals surface area (Å²) in [6.45, 7) is 6.07. The number of benzene rings is 1. The van der Waals surface area contributed by atoms with Gasteiger partial charge in [-0.05, 0) is 32.0 Å². The fraction of sp³-hybridized carbons (Fsp3) is 0.455. The molecule has 0 aliphatic carbocycles. The van der Waals surface area contributed by atoms with Crippen LogP contribution in [0, 0.1) is 13.8 Å². The molecule has 0 fully saturated rings. The van der Waals surface area contributed by atoms with Crippen LogP contribution in [-0.2, 0) is 6.54 Å². The monoisotopic (exact) mass is 178 g/mol. The zero-order valence-electron chi connectivity index (χ0n) is 8.65. The molecule has 0 bridgehead atoms. The Bertz CT molecular complexity index is 269. The predicted molar refractivity (Wildman–Crippen MR) is 56.7 cm³/mol. The van der Waals surface area contributed by atoms with E-state index in [9.17, 15) is 0 Å². The third-order valence-electron chi connectivity index (χ3n) is 2.12. The number of nitrogens with one attached hydrogen (secondary N) is 2. The molecule has 0 aliphatic rings. The average Bonchev–Trinajstić information content (AvgIpc) is 2.11. The van der Waals surface area contributed by atoms with Gasteiger partial charge in [0.1, 0.15) is 0 Å². The van der Waals surface area contributed by atoms with Gasteiger partial charge in [0.05, 0.1) is 0 Å². The van der Waals surface area contributed by atoms with Crippen LogP contribution in [0.3, 0.4) is 0 Å². The van der Waals surface area contributed by atoms with Gasteiger partial charge in [0, 0.05) is 13.2 Å². The summed E-state index contributed by atoms with van der Waals surface area (Å²) < 4.78 is 0. The molecule has 2 nitrogen and oxygen atoms in total. The maximum atomic E-state index is 3.31. The van der Waals surface area contributed by atoms with Crippen molar-refractivity contribution in [3.8, 4) is 0 Å². The van der Waals surface area contributed by atoms with Crippen LogP contribution in [0.5, 0.6) is 0 Å². The minimum atomic E-state index is 0.855. The van der Waals surface area contributed by atoms with Crippen LogP contribution in [0.4, 0.5) is 0 Å². The van der Waals surface area contributed by atoms with E-state index in [-0.39, 0.29) is 0 Å². The number of hydrogen-bond acceptors (Lipinski definition) is 2. The van der Waals surface area contributed by atoms with Crippen molar-refractivity contribution in [3.05, 3.63) is 34.9 Å². The van der Waals surface area contributed by atoms with E-state index in [4.69, 9.17) is 0 Å². The molecular formula is C11H18N2. The lowest BCUT2D eigenvalue weighted by molar-refractivity contribution is 0.630. The summed E-state index contributed by atoms with van der Waals surface area (Å²) in [5, 5.41) is 6.37. The molecule has 0 aliphatic heterocycles. The van der Waals surface area contributed by atoms with E-state index in [0.29, 0.717) is 0 Å². The van der Waals surface area contributed by atoms with Gasteiger partial charge in [-0.25, -0.2) is 0 Å². The molecule has 0 heterocycles. The highest BCUT2D eigenvalue weighted by Crippen LogP contribution is 2.09. The minimum Gasteiger partial charge on any atom is -0.308 e. The summed E-state index contributed by atoms with van der Waals surface area (Å²) >= 11 is 0. The third kappa shape index (κ3) is 3.17. The first-order valence-electron chi connectivity index (χ1n) is 4.65. The van der Waals surface area contributed by atoms with Crippen molar-refractivity contribution in [3.63, 3.8) is 0 Å². The molecule has 0 unspecified atom stereocenters. The van der Waals surface area contributed by atoms with Crippen molar-refractivity contribution < 1.29 is 0 Å². The zero-order chi connectivity index (χ0) is 9.68. The molecule has 1 rings (SSSR count). The summed E-state index contributed by atoms with van der Waals surface area (Å²) in [7, 11) is 1.94. The molecule has 0 saturated heterocycles. The average molecular weight is 178 g/mol. The van der Waals surface area contributed by atoms with Crippen LogP contribution in [-0.4, -0.2) is 13.7 Å².